The Balaban J connectivity index is 0.593. The molecule has 6 aliphatic rings. The van der Waals surface area contributed by atoms with Gasteiger partial charge >= 0.3 is 11.9 Å². The predicted molar refractivity (Wildman–Crippen MR) is 457 cm³/mol. The van der Waals surface area contributed by atoms with Crippen LogP contribution in [0.15, 0.2) is 88.8 Å². The number of guanidine groups is 1. The van der Waals surface area contributed by atoms with E-state index in [1.807, 2.05) is 61.2 Å². The fourth-order valence-corrected chi connectivity index (χ4v) is 21.4. The zero-order valence-corrected chi connectivity index (χ0v) is 71.4. The number of aryl methyl sites for hydroxylation is 1. The minimum atomic E-state index is -2.55. The number of esters is 2. The number of anilines is 2. The number of aromatic nitrogens is 5. The maximum atomic E-state index is 15.6. The van der Waals surface area contributed by atoms with Gasteiger partial charge in [-0.05, 0) is 138 Å². The number of aliphatic hydroxyl groups excluding tert-OH is 1. The summed E-state index contributed by atoms with van der Waals surface area (Å²) in [7, 11) is 7.62. The quantitative estimate of drug-likeness (QED) is 0.00604. The van der Waals surface area contributed by atoms with Crippen LogP contribution in [0.5, 0.6) is 5.75 Å². The highest BCUT2D eigenvalue weighted by Gasteiger charge is 2.79. The van der Waals surface area contributed by atoms with Gasteiger partial charge in [0.2, 0.25) is 11.8 Å². The molecule has 3 fully saturated rings. The summed E-state index contributed by atoms with van der Waals surface area (Å²) in [5.41, 5.74) is 9.79. The number of piperidine rings is 1. The number of aliphatic hydroxyl groups is 3. The minimum Gasteiger partial charge on any atom is -0.496 e. The molecule has 2 saturated heterocycles. The van der Waals surface area contributed by atoms with E-state index in [-0.39, 0.29) is 111 Å². The molecule has 3 aromatic heterocycles. The normalized spacial score (nSPS) is 24.9. The molecule has 646 valence electrons. The first kappa shape index (κ1) is 89.4. The lowest BCUT2D eigenvalue weighted by Gasteiger charge is -2.63. The second-order valence-corrected chi connectivity index (χ2v) is 35.9. The highest BCUT2D eigenvalue weighted by Crippen LogP contribution is 2.68. The third kappa shape index (κ3) is 18.4. The van der Waals surface area contributed by atoms with Crippen LogP contribution in [-0.4, -0.2) is 242 Å². The predicted octanol–water partition coefficient (Wildman–Crippen LogP) is 5.03. The molecule has 8 heterocycles. The number of carbonyl (C=O) groups excluding carboxylic acids is 9. The highest BCUT2D eigenvalue weighted by atomic mass is 33.1. The summed E-state index contributed by atoms with van der Waals surface area (Å²) < 4.78 is 18.1. The number of hydrogen-bond acceptors (Lipinski definition) is 26. The SMILES string of the molecule is CC[C@]1(O)C[C@H]2CN(CCc3c([nH]c4ccccc34)[C@@](C(=O)OC)(c3cc4c(cc3OC)N(C)[C@H]3[C@@](O)(C(=O)NCC(=O)OCCSSCCCC(=O)[C@H](C)NC(=O)[C@H](C)CC(=O)[C@H](CCCN=C(N)N)NC(=O)[C@H](C)CC(=O)CCCNC(=O)c5ccc(NCc6cnc7nc(C)[nH]c(=O)c7n6)cc5)[C@H](O)[C@]5(CC)C=CCN6CC[C@]43[C@@H]65)C2)C1. The van der Waals surface area contributed by atoms with Crippen LogP contribution in [0.25, 0.3) is 22.1 Å². The number of ether oxygens (including phenoxy) is 3. The van der Waals surface area contributed by atoms with Gasteiger partial charge in [-0.15, -0.1) is 0 Å². The van der Waals surface area contributed by atoms with Gasteiger partial charge < -0.3 is 82.4 Å². The molecule has 0 radical (unpaired) electrons. The topological polar surface area (TPSA) is 464 Å². The summed E-state index contributed by atoms with van der Waals surface area (Å²) in [5, 5.41) is 54.1. The van der Waals surface area contributed by atoms with Crippen molar-refractivity contribution in [1.29, 1.82) is 0 Å². The van der Waals surface area contributed by atoms with Gasteiger partial charge in [0.1, 0.15) is 42.0 Å². The molecule has 1 saturated carbocycles. The number of nitrogens with two attached hydrogens (primary N) is 2. The Morgan fingerprint density at radius 3 is 2.33 bits per heavy atom. The number of rotatable bonds is 38. The third-order valence-corrected chi connectivity index (χ3v) is 27.8. The molecule has 32 nitrogen and oxygen atoms in total. The molecule has 3 aromatic carbocycles. The molecule has 5 aliphatic heterocycles. The number of likely N-dealkylation sites (N-methyl/N-ethyl adjacent to an activating group) is 1. The largest absolute Gasteiger partial charge is 0.496 e. The molecule has 14 atom stereocenters. The van der Waals surface area contributed by atoms with Crippen LogP contribution in [0, 0.1) is 30.1 Å². The summed E-state index contributed by atoms with van der Waals surface area (Å²) in [5.74, 6) is -4.89. The number of fused-ring (bicyclic) bond motifs is 7. The van der Waals surface area contributed by atoms with E-state index in [1.54, 1.807) is 66.1 Å². The van der Waals surface area contributed by atoms with Crippen molar-refractivity contribution in [1.82, 2.24) is 56.0 Å². The average Bonchev–Trinajstić information content (AvgIpc) is 1.47. The summed E-state index contributed by atoms with van der Waals surface area (Å²) in [6.45, 7) is 13.2. The van der Waals surface area contributed by atoms with Crippen molar-refractivity contribution in [3.63, 3.8) is 0 Å². The zero-order valence-electron chi connectivity index (χ0n) is 69.8. The number of H-pyrrole nitrogens is 2. The molecule has 1 unspecified atom stereocenters. The van der Waals surface area contributed by atoms with Crippen molar-refractivity contribution < 1.29 is 72.7 Å². The number of carbonyl (C=O) groups is 9. The lowest BCUT2D eigenvalue weighted by Crippen LogP contribution is -2.81. The van der Waals surface area contributed by atoms with Crippen LogP contribution >= 0.6 is 21.6 Å². The Hall–Kier alpha value is -9.84. The van der Waals surface area contributed by atoms with Crippen molar-refractivity contribution in [2.24, 2.45) is 39.6 Å². The van der Waals surface area contributed by atoms with Crippen molar-refractivity contribution in [2.75, 3.05) is 102 Å². The molecule has 1 aliphatic carbocycles. The van der Waals surface area contributed by atoms with Crippen molar-refractivity contribution in [3.8, 4) is 5.75 Å². The Morgan fingerprint density at radius 1 is 0.833 bits per heavy atom. The van der Waals surface area contributed by atoms with E-state index < -0.39 is 112 Å². The average molecular weight is 1690 g/mol. The van der Waals surface area contributed by atoms with Gasteiger partial charge in [-0.3, -0.25) is 62.7 Å². The summed E-state index contributed by atoms with van der Waals surface area (Å²) in [6.07, 6.45) is 7.41. The highest BCUT2D eigenvalue weighted by molar-refractivity contribution is 8.76. The fraction of sp³-hybridized carbons (Fsp3) is 0.558. The summed E-state index contributed by atoms with van der Waals surface area (Å²) >= 11 is 0. The smallest absolute Gasteiger partial charge is 0.325 e. The monoisotopic (exact) mass is 1690 g/mol. The van der Waals surface area contributed by atoms with Gasteiger partial charge in [-0.1, -0.05) is 79.6 Å². The first-order valence-electron chi connectivity index (χ1n) is 41.6. The molecule has 120 heavy (non-hydrogen) atoms. The zero-order chi connectivity index (χ0) is 86.2. The van der Waals surface area contributed by atoms with Crippen LogP contribution in [0.3, 0.4) is 0 Å². The van der Waals surface area contributed by atoms with Crippen LogP contribution in [-0.2, 0) is 71.6 Å². The first-order valence-corrected chi connectivity index (χ1v) is 44.0. The maximum absolute atomic E-state index is 15.6. The van der Waals surface area contributed by atoms with Crippen LogP contribution in [0.4, 0.5) is 11.4 Å². The number of hydrogen-bond donors (Lipinski definition) is 12. The third-order valence-electron chi connectivity index (χ3n) is 25.3. The van der Waals surface area contributed by atoms with Gasteiger partial charge in [-0.2, -0.15) is 0 Å². The molecular weight excluding hydrogens is 1580 g/mol. The minimum absolute atomic E-state index is 0.0307. The molecule has 14 N–H and O–H groups in total. The molecule has 34 heteroatoms. The number of ketones is 3. The number of Topliss-reactive ketones (excluding diaryl/α,β-unsaturated/α-hetero) is 3. The number of methoxy groups -OCH3 is 2. The van der Waals surface area contributed by atoms with E-state index >= 15 is 9.59 Å². The molecule has 2 bridgehead atoms. The van der Waals surface area contributed by atoms with Crippen LogP contribution in [0.2, 0.25) is 0 Å². The van der Waals surface area contributed by atoms with E-state index in [1.165, 1.54) is 34.9 Å². The number of aromatic amines is 2. The standard InChI is InChI=1S/C86H114N16O16S2/c1-10-82(114)42-53-43-85(80(113)117-9,70-59(27-33-101(47-53)48-82)58-19-12-13-20-62(58)98-70)61-40-60-64(41-67(61)116-8)100(7)77-84(60)29-34-102-32-17-28-83(11-2,76(84)102)78(111)86(77,115)79(112)93-46-68(106)118-35-37-120-119-36-16-22-65(104)51(5)94-72(107)50(4)39-66(105)63(21-15-31-90-81(87)88)99-73(108)49(3)38-57(103)18-14-30-89-74(109)54-23-25-55(26-24-54)91-44-56-45-92-71-69(97-56)75(110)96-52(6)95-71/h12-13,17,19-20,23-26,28,40-41,45,49-51,53,63,76-78,91,98,111,114-115H,10-11,14-16,18,21-22,27,29-39,42-44,46-48H2,1-9H3,(H,89,109)(H,93,112)(H,94,107)(H,99,108)(H4,87,88,90)(H,92,95,96,110)/t49-,50-,51+,53-,63+,76+,77-,78-,82+,83-,84-,85+,86+/m1/s1. The van der Waals surface area contributed by atoms with E-state index in [2.05, 4.69) is 72.4 Å². The van der Waals surface area contributed by atoms with E-state index in [9.17, 15) is 53.7 Å². The van der Waals surface area contributed by atoms with Gasteiger partial charge in [-0.25, -0.2) is 15.0 Å². The molecule has 4 amide bonds. The number of aliphatic imine (C=N–C) groups is 1. The summed E-state index contributed by atoms with van der Waals surface area (Å²) in [6, 6.07) is 15.2. The fourth-order valence-electron chi connectivity index (χ4n) is 19.5. The molecule has 1 spiro atoms. The Morgan fingerprint density at radius 2 is 1.58 bits per heavy atom. The maximum Gasteiger partial charge on any atom is 0.325 e. The van der Waals surface area contributed by atoms with Crippen LogP contribution in [0.1, 0.15) is 162 Å². The lowest BCUT2D eigenvalue weighted by molar-refractivity contribution is -0.203. The van der Waals surface area contributed by atoms with Gasteiger partial charge in [0, 0.05) is 157 Å². The van der Waals surface area contributed by atoms with Crippen LogP contribution < -0.4 is 53.2 Å². The Bertz CT molecular complexity index is 4960. The number of para-hydroxylation sites is 1. The second-order valence-electron chi connectivity index (χ2n) is 33.2. The van der Waals surface area contributed by atoms with E-state index in [0.29, 0.717) is 141 Å². The first-order chi connectivity index (χ1) is 57.4. The summed E-state index contributed by atoms with van der Waals surface area (Å²) in [4.78, 5) is 167. The van der Waals surface area contributed by atoms with E-state index in [4.69, 9.17) is 25.7 Å². The molecular formula is C86H114N16O16S2. The molecule has 6 aromatic rings. The van der Waals surface area contributed by atoms with Crippen molar-refractivity contribution >= 4 is 114 Å². The van der Waals surface area contributed by atoms with Gasteiger partial charge in [0.15, 0.2) is 34.3 Å². The number of nitrogens with one attached hydrogen (secondary N) is 7. The number of benzene rings is 3. The second kappa shape index (κ2) is 38.1. The van der Waals surface area contributed by atoms with E-state index in [0.717, 1.165) is 22.0 Å². The number of nitrogens with zero attached hydrogens (tertiary/aromatic N) is 7. The Kier molecular flexibility index (Phi) is 28.4. The molecule has 12 rings (SSSR count). The van der Waals surface area contributed by atoms with Crippen molar-refractivity contribution in [2.45, 2.75) is 190 Å². The van der Waals surface area contributed by atoms with Gasteiger partial charge in [0.25, 0.3) is 17.4 Å². The van der Waals surface area contributed by atoms with Gasteiger partial charge in [0.05, 0.1) is 56.4 Å². The lowest BCUT2D eigenvalue weighted by atomic mass is 9.47. The Labute approximate surface area is 705 Å². The van der Waals surface area contributed by atoms with Crippen molar-refractivity contribution in [3.05, 3.63) is 129 Å². The number of amides is 4.